The molecule has 0 saturated carbocycles. The molecule has 3 N–H and O–H groups in total. The monoisotopic (exact) mass is 234 g/mol. The zero-order chi connectivity index (χ0) is 12.4. The van der Waals surface area contributed by atoms with Crippen LogP contribution in [-0.2, 0) is 14.3 Å². The first kappa shape index (κ1) is 14.7. The third-order valence-corrected chi connectivity index (χ3v) is 1.80. The van der Waals surface area contributed by atoms with Gasteiger partial charge in [-0.15, -0.1) is 0 Å². The van der Waals surface area contributed by atoms with Crippen molar-refractivity contribution in [2.24, 2.45) is 0 Å². The lowest BCUT2D eigenvalue weighted by molar-refractivity contribution is -0.136. The van der Waals surface area contributed by atoms with Crippen molar-refractivity contribution in [2.75, 3.05) is 33.9 Å². The molecule has 7 heteroatoms. The summed E-state index contributed by atoms with van der Waals surface area (Å²) in [6.07, 6.45) is -0.311. The summed E-state index contributed by atoms with van der Waals surface area (Å²) in [7, 11) is 3.06. The molecule has 0 heterocycles. The van der Waals surface area contributed by atoms with Crippen LogP contribution >= 0.6 is 0 Å². The molecule has 0 aromatic carbocycles. The van der Waals surface area contributed by atoms with E-state index in [1.165, 1.54) is 7.11 Å². The Morgan fingerprint density at radius 1 is 1.31 bits per heavy atom. The van der Waals surface area contributed by atoms with Gasteiger partial charge in [0.05, 0.1) is 19.1 Å². The van der Waals surface area contributed by atoms with Gasteiger partial charge in [0, 0.05) is 27.3 Å². The zero-order valence-electron chi connectivity index (χ0n) is 9.49. The highest BCUT2D eigenvalue weighted by molar-refractivity contribution is 5.74. The molecule has 7 nitrogen and oxygen atoms in total. The van der Waals surface area contributed by atoms with Crippen molar-refractivity contribution < 1.29 is 24.2 Å². The Hall–Kier alpha value is -1.34. The fraction of sp³-hybridized carbons (Fsp3) is 0.778. The Bertz CT molecular complexity index is 222. The number of carbonyl (C=O) groups is 2. The van der Waals surface area contributed by atoms with Gasteiger partial charge in [0.2, 0.25) is 0 Å². The van der Waals surface area contributed by atoms with Crippen LogP contribution in [0.15, 0.2) is 0 Å². The van der Waals surface area contributed by atoms with E-state index in [-0.39, 0.29) is 19.1 Å². The summed E-state index contributed by atoms with van der Waals surface area (Å²) in [4.78, 5) is 21.3. The van der Waals surface area contributed by atoms with E-state index in [1.54, 1.807) is 7.11 Å². The second-order valence-corrected chi connectivity index (χ2v) is 3.09. The minimum atomic E-state index is -0.950. The second-order valence-electron chi connectivity index (χ2n) is 3.09. The average Bonchev–Trinajstić information content (AvgIpc) is 2.23. The lowest BCUT2D eigenvalue weighted by atomic mass is 10.4. The van der Waals surface area contributed by atoms with Gasteiger partial charge in [-0.2, -0.15) is 0 Å². The van der Waals surface area contributed by atoms with Crippen molar-refractivity contribution in [1.82, 2.24) is 10.6 Å². The number of hydrogen-bond donors (Lipinski definition) is 3. The Kier molecular flexibility index (Phi) is 8.18. The molecule has 0 bridgehead atoms. The predicted octanol–water partition coefficient (Wildman–Crippen LogP) is -0.578. The van der Waals surface area contributed by atoms with Crippen LogP contribution in [0.5, 0.6) is 0 Å². The fourth-order valence-corrected chi connectivity index (χ4v) is 0.948. The maximum absolute atomic E-state index is 11.1. The lowest BCUT2D eigenvalue weighted by Gasteiger charge is -2.15. The molecule has 0 spiro atoms. The highest BCUT2D eigenvalue weighted by Gasteiger charge is 2.08. The Labute approximate surface area is 94.1 Å². The average molecular weight is 234 g/mol. The molecular formula is C9H18N2O5. The first-order valence-corrected chi connectivity index (χ1v) is 4.85. The number of ether oxygens (including phenoxy) is 2. The summed E-state index contributed by atoms with van der Waals surface area (Å²) in [6.45, 7) is 0.790. The third kappa shape index (κ3) is 8.01. The number of hydrogen-bond acceptors (Lipinski definition) is 4. The van der Waals surface area contributed by atoms with Crippen LogP contribution < -0.4 is 10.6 Å². The van der Waals surface area contributed by atoms with E-state index in [2.05, 4.69) is 10.6 Å². The molecule has 0 aliphatic carbocycles. The summed E-state index contributed by atoms with van der Waals surface area (Å²) < 4.78 is 9.89. The van der Waals surface area contributed by atoms with Gasteiger partial charge in [0.1, 0.15) is 0 Å². The van der Waals surface area contributed by atoms with Gasteiger partial charge in [0.15, 0.2) is 0 Å². The van der Waals surface area contributed by atoms with Crippen LogP contribution in [0.1, 0.15) is 6.42 Å². The van der Waals surface area contributed by atoms with Crippen LogP contribution in [0.4, 0.5) is 4.79 Å². The van der Waals surface area contributed by atoms with Crippen LogP contribution in [0.2, 0.25) is 0 Å². The number of carbonyl (C=O) groups excluding carboxylic acids is 1. The molecule has 0 saturated heterocycles. The molecule has 0 fully saturated rings. The van der Waals surface area contributed by atoms with Gasteiger partial charge in [-0.05, 0) is 0 Å². The Morgan fingerprint density at radius 2 is 2.00 bits per heavy atom. The van der Waals surface area contributed by atoms with Crippen LogP contribution in [0.25, 0.3) is 0 Å². The molecule has 94 valence electrons. The minimum absolute atomic E-state index is 0.0980. The molecule has 16 heavy (non-hydrogen) atoms. The summed E-state index contributed by atoms with van der Waals surface area (Å²) in [6, 6.07) is -0.417. The van der Waals surface area contributed by atoms with Gasteiger partial charge >= 0.3 is 12.0 Å². The number of aliphatic carboxylic acids is 1. The van der Waals surface area contributed by atoms with Crippen LogP contribution in [0, 0.1) is 0 Å². The van der Waals surface area contributed by atoms with E-state index in [0.29, 0.717) is 13.2 Å². The summed E-state index contributed by atoms with van der Waals surface area (Å²) in [5, 5.41) is 13.3. The largest absolute Gasteiger partial charge is 0.481 e. The maximum atomic E-state index is 11.1. The topological polar surface area (TPSA) is 96.9 Å². The summed E-state index contributed by atoms with van der Waals surface area (Å²) in [5.74, 6) is -0.950. The number of rotatable bonds is 8. The Balaban J connectivity index is 3.58. The quantitative estimate of drug-likeness (QED) is 0.522. The molecule has 1 atom stereocenters. The molecule has 0 rings (SSSR count). The SMILES string of the molecule is COCC(CNC(=O)NCCC(=O)O)OC. The summed E-state index contributed by atoms with van der Waals surface area (Å²) >= 11 is 0. The number of carboxylic acid groups (broad SMARTS) is 1. The van der Waals surface area contributed by atoms with Crippen LogP contribution in [0.3, 0.4) is 0 Å². The smallest absolute Gasteiger partial charge is 0.314 e. The van der Waals surface area contributed by atoms with Gasteiger partial charge in [0.25, 0.3) is 0 Å². The number of amides is 2. The highest BCUT2D eigenvalue weighted by Crippen LogP contribution is 1.88. The van der Waals surface area contributed by atoms with Crippen molar-refractivity contribution in [3.63, 3.8) is 0 Å². The van der Waals surface area contributed by atoms with E-state index in [4.69, 9.17) is 14.6 Å². The first-order chi connectivity index (χ1) is 7.60. The van der Waals surface area contributed by atoms with Gasteiger partial charge in [-0.3, -0.25) is 4.79 Å². The third-order valence-electron chi connectivity index (χ3n) is 1.80. The molecule has 2 amide bonds. The normalized spacial score (nSPS) is 11.9. The van der Waals surface area contributed by atoms with E-state index >= 15 is 0 Å². The Morgan fingerprint density at radius 3 is 2.50 bits per heavy atom. The van der Waals surface area contributed by atoms with E-state index < -0.39 is 12.0 Å². The minimum Gasteiger partial charge on any atom is -0.481 e. The van der Waals surface area contributed by atoms with Crippen molar-refractivity contribution in [3.8, 4) is 0 Å². The van der Waals surface area contributed by atoms with E-state index in [1.807, 2.05) is 0 Å². The number of carboxylic acids is 1. The molecular weight excluding hydrogens is 216 g/mol. The standard InChI is InChI=1S/C9H18N2O5/c1-15-6-7(16-2)5-11-9(14)10-4-3-8(12)13/h7H,3-6H2,1-2H3,(H,12,13)(H2,10,11,14). The second kappa shape index (κ2) is 8.93. The number of nitrogens with one attached hydrogen (secondary N) is 2. The van der Waals surface area contributed by atoms with E-state index in [0.717, 1.165) is 0 Å². The lowest BCUT2D eigenvalue weighted by Crippen LogP contribution is -2.42. The fourth-order valence-electron chi connectivity index (χ4n) is 0.948. The first-order valence-electron chi connectivity index (χ1n) is 4.85. The number of methoxy groups -OCH3 is 2. The number of urea groups is 1. The summed E-state index contributed by atoms with van der Waals surface area (Å²) in [5.41, 5.74) is 0. The van der Waals surface area contributed by atoms with Gasteiger partial charge in [-0.25, -0.2) is 4.79 Å². The predicted molar refractivity (Wildman–Crippen MR) is 56.3 cm³/mol. The van der Waals surface area contributed by atoms with Crippen molar-refractivity contribution in [1.29, 1.82) is 0 Å². The molecule has 0 aliphatic rings. The highest BCUT2D eigenvalue weighted by atomic mass is 16.5. The van der Waals surface area contributed by atoms with Gasteiger partial charge in [-0.1, -0.05) is 0 Å². The molecule has 1 unspecified atom stereocenters. The molecule has 0 aliphatic heterocycles. The van der Waals surface area contributed by atoms with Crippen molar-refractivity contribution in [2.45, 2.75) is 12.5 Å². The van der Waals surface area contributed by atoms with Gasteiger partial charge < -0.3 is 25.2 Å². The maximum Gasteiger partial charge on any atom is 0.314 e. The van der Waals surface area contributed by atoms with Crippen molar-refractivity contribution in [3.05, 3.63) is 0 Å². The van der Waals surface area contributed by atoms with E-state index in [9.17, 15) is 9.59 Å². The molecule has 0 aromatic rings. The van der Waals surface area contributed by atoms with Crippen LogP contribution in [-0.4, -0.2) is 57.1 Å². The molecule has 0 radical (unpaired) electrons. The zero-order valence-corrected chi connectivity index (χ0v) is 9.49. The molecule has 0 aromatic heterocycles. The van der Waals surface area contributed by atoms with Crippen molar-refractivity contribution >= 4 is 12.0 Å².